The van der Waals surface area contributed by atoms with E-state index in [0.717, 1.165) is 5.56 Å². The minimum Gasteiger partial charge on any atom is -0.504 e. The van der Waals surface area contributed by atoms with Crippen molar-refractivity contribution in [3.63, 3.8) is 0 Å². The summed E-state index contributed by atoms with van der Waals surface area (Å²) in [7, 11) is 1.39. The van der Waals surface area contributed by atoms with Gasteiger partial charge in [-0.25, -0.2) is 4.79 Å². The number of ether oxygens (including phenoxy) is 2. The maximum Gasteiger partial charge on any atom is 0.379 e. The van der Waals surface area contributed by atoms with Crippen molar-refractivity contribution in [3.8, 4) is 11.5 Å². The Bertz CT molecular complexity index is 526. The first-order valence-corrected chi connectivity index (χ1v) is 6.35. The summed E-state index contributed by atoms with van der Waals surface area (Å²) in [5, 5.41) is 10.0. The van der Waals surface area contributed by atoms with Crippen LogP contribution in [0.1, 0.15) is 43.6 Å². The van der Waals surface area contributed by atoms with E-state index in [1.54, 1.807) is 13.0 Å². The fourth-order valence-electron chi connectivity index (χ4n) is 1.68. The molecule has 1 aromatic carbocycles. The summed E-state index contributed by atoms with van der Waals surface area (Å²) in [5.74, 6) is -2.06. The molecule has 0 spiro atoms. The summed E-state index contributed by atoms with van der Waals surface area (Å²) >= 11 is 0. The topological polar surface area (TPSA) is 72.8 Å². The number of carbonyl (C=O) groups is 2. The van der Waals surface area contributed by atoms with Gasteiger partial charge in [-0.1, -0.05) is 20.8 Å². The van der Waals surface area contributed by atoms with Crippen molar-refractivity contribution in [3.05, 3.63) is 23.3 Å². The standard InChI is InChI=1S/C15H20O5/c1-6-20-14(18)13(17)10-7-9(15(2,3)4)8-11(19-5)12(10)16/h7-8,16H,6H2,1-5H3. The number of esters is 1. The van der Waals surface area contributed by atoms with Crippen LogP contribution in [0.4, 0.5) is 0 Å². The number of methoxy groups -OCH3 is 1. The molecule has 5 nitrogen and oxygen atoms in total. The van der Waals surface area contributed by atoms with E-state index >= 15 is 0 Å². The molecule has 0 radical (unpaired) electrons. The van der Waals surface area contributed by atoms with Crippen molar-refractivity contribution >= 4 is 11.8 Å². The van der Waals surface area contributed by atoms with Crippen molar-refractivity contribution in [1.29, 1.82) is 0 Å². The quantitative estimate of drug-likeness (QED) is 0.521. The number of phenolic OH excluding ortho intramolecular Hbond substituents is 1. The van der Waals surface area contributed by atoms with Crippen molar-refractivity contribution in [2.75, 3.05) is 13.7 Å². The summed E-state index contributed by atoms with van der Waals surface area (Å²) in [6.45, 7) is 7.57. The number of aromatic hydroxyl groups is 1. The van der Waals surface area contributed by atoms with E-state index in [2.05, 4.69) is 4.74 Å². The molecule has 0 aliphatic carbocycles. The molecule has 110 valence electrons. The van der Waals surface area contributed by atoms with Crippen LogP contribution in [0.25, 0.3) is 0 Å². The largest absolute Gasteiger partial charge is 0.504 e. The minimum absolute atomic E-state index is 0.0986. The Balaban J connectivity index is 3.38. The van der Waals surface area contributed by atoms with Crippen LogP contribution in [0.15, 0.2) is 12.1 Å². The minimum atomic E-state index is -0.990. The second-order valence-electron chi connectivity index (χ2n) is 5.37. The monoisotopic (exact) mass is 280 g/mol. The van der Waals surface area contributed by atoms with E-state index in [-0.39, 0.29) is 29.1 Å². The molecule has 0 saturated carbocycles. The van der Waals surface area contributed by atoms with Crippen molar-refractivity contribution in [2.24, 2.45) is 0 Å². The van der Waals surface area contributed by atoms with E-state index in [1.165, 1.54) is 13.2 Å². The van der Waals surface area contributed by atoms with Gasteiger partial charge in [0.25, 0.3) is 5.78 Å². The molecular weight excluding hydrogens is 260 g/mol. The predicted molar refractivity (Wildman–Crippen MR) is 74.3 cm³/mol. The summed E-state index contributed by atoms with van der Waals surface area (Å²) < 4.78 is 9.73. The van der Waals surface area contributed by atoms with Gasteiger partial charge in [-0.15, -0.1) is 0 Å². The van der Waals surface area contributed by atoms with Crippen molar-refractivity contribution in [2.45, 2.75) is 33.1 Å². The normalized spacial score (nSPS) is 11.1. The van der Waals surface area contributed by atoms with Crippen molar-refractivity contribution < 1.29 is 24.2 Å². The zero-order chi connectivity index (χ0) is 15.5. The van der Waals surface area contributed by atoms with Crippen LogP contribution in [-0.2, 0) is 14.9 Å². The Morgan fingerprint density at radius 1 is 1.25 bits per heavy atom. The van der Waals surface area contributed by atoms with Crippen LogP contribution in [0.2, 0.25) is 0 Å². The van der Waals surface area contributed by atoms with Gasteiger partial charge in [0.2, 0.25) is 0 Å². The lowest BCUT2D eigenvalue weighted by Crippen LogP contribution is -2.19. The summed E-state index contributed by atoms with van der Waals surface area (Å²) in [6, 6.07) is 3.15. The molecule has 0 saturated heterocycles. The molecule has 1 rings (SSSR count). The molecule has 0 fully saturated rings. The van der Waals surface area contributed by atoms with E-state index in [4.69, 9.17) is 4.74 Å². The maximum atomic E-state index is 12.0. The molecule has 0 aliphatic heterocycles. The highest BCUT2D eigenvalue weighted by Crippen LogP contribution is 2.36. The number of rotatable bonds is 4. The molecule has 1 N–H and O–H groups in total. The average molecular weight is 280 g/mol. The first kappa shape index (κ1) is 16.0. The summed E-state index contributed by atoms with van der Waals surface area (Å²) in [5.41, 5.74) is 0.414. The lowest BCUT2D eigenvalue weighted by Gasteiger charge is -2.21. The summed E-state index contributed by atoms with van der Waals surface area (Å²) in [4.78, 5) is 23.5. The number of carbonyl (C=O) groups excluding carboxylic acids is 2. The second kappa shape index (κ2) is 5.94. The third-order valence-electron chi connectivity index (χ3n) is 2.87. The molecule has 0 heterocycles. The average Bonchev–Trinajstić information content (AvgIpc) is 2.37. The number of Topliss-reactive ketones (excluding diaryl/α,β-unsaturated/α-hetero) is 1. The van der Waals surface area contributed by atoms with Crippen LogP contribution in [0.5, 0.6) is 11.5 Å². The van der Waals surface area contributed by atoms with Gasteiger partial charge in [0.15, 0.2) is 11.5 Å². The van der Waals surface area contributed by atoms with Gasteiger partial charge in [0, 0.05) is 0 Å². The molecule has 0 bridgehead atoms. The predicted octanol–water partition coefficient (Wildman–Crippen LogP) is 2.44. The van der Waals surface area contributed by atoms with Gasteiger partial charge in [-0.05, 0) is 30.0 Å². The summed E-state index contributed by atoms with van der Waals surface area (Å²) in [6.07, 6.45) is 0. The van der Waals surface area contributed by atoms with Gasteiger partial charge >= 0.3 is 5.97 Å². The Labute approximate surface area is 118 Å². The number of phenols is 1. The first-order valence-electron chi connectivity index (χ1n) is 6.35. The molecule has 0 amide bonds. The Morgan fingerprint density at radius 3 is 2.30 bits per heavy atom. The molecule has 0 unspecified atom stereocenters. The fourth-order valence-corrected chi connectivity index (χ4v) is 1.68. The molecule has 0 aliphatic rings. The number of hydrogen-bond donors (Lipinski definition) is 1. The molecule has 0 aromatic heterocycles. The number of benzene rings is 1. The lowest BCUT2D eigenvalue weighted by atomic mass is 9.85. The fraction of sp³-hybridized carbons (Fsp3) is 0.467. The van der Waals surface area contributed by atoms with Crippen LogP contribution in [-0.4, -0.2) is 30.6 Å². The smallest absolute Gasteiger partial charge is 0.379 e. The SMILES string of the molecule is CCOC(=O)C(=O)c1cc(C(C)(C)C)cc(OC)c1O. The Kier molecular flexibility index (Phi) is 4.76. The molecule has 20 heavy (non-hydrogen) atoms. The molecule has 0 atom stereocenters. The molecule has 5 heteroatoms. The lowest BCUT2D eigenvalue weighted by molar-refractivity contribution is -0.137. The van der Waals surface area contributed by atoms with E-state index in [9.17, 15) is 14.7 Å². The maximum absolute atomic E-state index is 12.0. The zero-order valence-corrected chi connectivity index (χ0v) is 12.4. The highest BCUT2D eigenvalue weighted by molar-refractivity contribution is 6.41. The van der Waals surface area contributed by atoms with Gasteiger partial charge < -0.3 is 14.6 Å². The van der Waals surface area contributed by atoms with Gasteiger partial charge in [-0.2, -0.15) is 0 Å². The third-order valence-corrected chi connectivity index (χ3v) is 2.87. The third kappa shape index (κ3) is 3.29. The molecule has 1 aromatic rings. The Hall–Kier alpha value is -2.04. The molecular formula is C15H20O5. The van der Waals surface area contributed by atoms with Crippen LogP contribution < -0.4 is 4.74 Å². The van der Waals surface area contributed by atoms with E-state index < -0.39 is 11.8 Å². The van der Waals surface area contributed by atoms with Crippen LogP contribution >= 0.6 is 0 Å². The van der Waals surface area contributed by atoms with E-state index in [0.29, 0.717) is 0 Å². The Morgan fingerprint density at radius 2 is 1.85 bits per heavy atom. The van der Waals surface area contributed by atoms with Gasteiger partial charge in [-0.3, -0.25) is 4.79 Å². The van der Waals surface area contributed by atoms with E-state index in [1.807, 2.05) is 20.8 Å². The highest BCUT2D eigenvalue weighted by Gasteiger charge is 2.26. The number of hydrogen-bond acceptors (Lipinski definition) is 5. The van der Waals surface area contributed by atoms with Gasteiger partial charge in [0.05, 0.1) is 19.3 Å². The van der Waals surface area contributed by atoms with Crippen LogP contribution in [0.3, 0.4) is 0 Å². The van der Waals surface area contributed by atoms with Gasteiger partial charge in [0.1, 0.15) is 0 Å². The zero-order valence-electron chi connectivity index (χ0n) is 12.4. The highest BCUT2D eigenvalue weighted by atomic mass is 16.5. The number of ketones is 1. The van der Waals surface area contributed by atoms with Crippen LogP contribution in [0, 0.1) is 0 Å². The second-order valence-corrected chi connectivity index (χ2v) is 5.37. The first-order chi connectivity index (χ1) is 9.22. The van der Waals surface area contributed by atoms with Crippen molar-refractivity contribution in [1.82, 2.24) is 0 Å².